The number of para-hydroxylation sites is 1. The van der Waals surface area contributed by atoms with E-state index in [0.29, 0.717) is 0 Å². The smallest absolute Gasteiger partial charge is 0.125 e. The van der Waals surface area contributed by atoms with E-state index >= 15 is 0 Å². The van der Waals surface area contributed by atoms with Gasteiger partial charge in [-0.05, 0) is 38.2 Å². The highest BCUT2D eigenvalue weighted by molar-refractivity contribution is 5.33. The Morgan fingerprint density at radius 3 is 2.25 bits per heavy atom. The van der Waals surface area contributed by atoms with Crippen molar-refractivity contribution in [2.75, 3.05) is 20.6 Å². The zero-order valence-corrected chi connectivity index (χ0v) is 12.5. The summed E-state index contributed by atoms with van der Waals surface area (Å²) in [6, 6.07) is 18.6. The molecule has 2 aromatic rings. The average Bonchev–Trinajstić information content (AvgIpc) is 2.46. The molecular formula is C18H23NO. The average molecular weight is 269 g/mol. The molecule has 2 aromatic carbocycles. The van der Waals surface area contributed by atoms with E-state index < -0.39 is 0 Å². The van der Waals surface area contributed by atoms with E-state index in [-0.39, 0.29) is 6.10 Å². The van der Waals surface area contributed by atoms with Crippen LogP contribution in [0.4, 0.5) is 0 Å². The number of nitrogens with zero attached hydrogens (tertiary/aromatic N) is 1. The summed E-state index contributed by atoms with van der Waals surface area (Å²) in [5.41, 5.74) is 2.41. The van der Waals surface area contributed by atoms with E-state index in [2.05, 4.69) is 56.3 Å². The molecule has 20 heavy (non-hydrogen) atoms. The van der Waals surface area contributed by atoms with Gasteiger partial charge >= 0.3 is 0 Å². The van der Waals surface area contributed by atoms with Gasteiger partial charge in [-0.1, -0.05) is 48.5 Å². The lowest BCUT2D eigenvalue weighted by molar-refractivity contribution is 0.178. The molecule has 0 saturated heterocycles. The van der Waals surface area contributed by atoms with Gasteiger partial charge < -0.3 is 9.64 Å². The second-order valence-corrected chi connectivity index (χ2v) is 5.37. The Hall–Kier alpha value is -1.80. The molecule has 0 radical (unpaired) electrons. The molecule has 0 fully saturated rings. The van der Waals surface area contributed by atoms with Crippen molar-refractivity contribution in [2.24, 2.45) is 0 Å². The summed E-state index contributed by atoms with van der Waals surface area (Å²) in [7, 11) is 4.19. The molecule has 0 spiro atoms. The Bertz CT molecular complexity index is 522. The Kier molecular flexibility index (Phi) is 5.19. The monoisotopic (exact) mass is 269 g/mol. The molecule has 106 valence electrons. The van der Waals surface area contributed by atoms with Crippen molar-refractivity contribution in [3.8, 4) is 5.75 Å². The fraction of sp³-hybridized carbons (Fsp3) is 0.333. The molecule has 0 N–H and O–H groups in total. The maximum absolute atomic E-state index is 6.26. The highest BCUT2D eigenvalue weighted by Crippen LogP contribution is 2.27. The quantitative estimate of drug-likeness (QED) is 0.784. The standard InChI is InChI=1S/C18H23NO/c1-15-9-7-8-12-17(15)20-18(13-14-19(2)3)16-10-5-4-6-11-16/h4-12,18H,13-14H2,1-3H3/t18-/m1/s1. The first-order chi connectivity index (χ1) is 9.66. The van der Waals surface area contributed by atoms with Crippen LogP contribution in [0.15, 0.2) is 54.6 Å². The highest BCUT2D eigenvalue weighted by Gasteiger charge is 2.14. The Balaban J connectivity index is 2.16. The van der Waals surface area contributed by atoms with Crippen molar-refractivity contribution in [3.05, 3.63) is 65.7 Å². The SMILES string of the molecule is Cc1ccccc1O[C@H](CCN(C)C)c1ccccc1. The number of hydrogen-bond acceptors (Lipinski definition) is 2. The predicted octanol–water partition coefficient (Wildman–Crippen LogP) is 4.07. The van der Waals surface area contributed by atoms with Gasteiger partial charge in [-0.25, -0.2) is 0 Å². The summed E-state index contributed by atoms with van der Waals surface area (Å²) in [6.07, 6.45) is 1.07. The van der Waals surface area contributed by atoms with Crippen LogP contribution in [-0.4, -0.2) is 25.5 Å². The molecule has 0 aromatic heterocycles. The number of aryl methyl sites for hydroxylation is 1. The number of ether oxygens (including phenoxy) is 1. The molecule has 0 aliphatic heterocycles. The zero-order chi connectivity index (χ0) is 14.4. The van der Waals surface area contributed by atoms with Crippen molar-refractivity contribution in [2.45, 2.75) is 19.4 Å². The second kappa shape index (κ2) is 7.11. The molecule has 0 saturated carbocycles. The molecule has 0 amide bonds. The molecule has 2 heteroatoms. The first-order valence-electron chi connectivity index (χ1n) is 7.09. The van der Waals surface area contributed by atoms with Gasteiger partial charge in [0.1, 0.15) is 11.9 Å². The largest absolute Gasteiger partial charge is 0.485 e. The van der Waals surface area contributed by atoms with Gasteiger partial charge in [0.05, 0.1) is 0 Å². The number of benzene rings is 2. The minimum absolute atomic E-state index is 0.0969. The minimum Gasteiger partial charge on any atom is -0.485 e. The molecule has 0 heterocycles. The van der Waals surface area contributed by atoms with Crippen LogP contribution in [0.1, 0.15) is 23.7 Å². The van der Waals surface area contributed by atoms with E-state index in [1.165, 1.54) is 11.1 Å². The molecule has 0 unspecified atom stereocenters. The molecular weight excluding hydrogens is 246 g/mol. The van der Waals surface area contributed by atoms with Crippen molar-refractivity contribution < 1.29 is 4.74 Å². The van der Waals surface area contributed by atoms with Gasteiger partial charge in [-0.15, -0.1) is 0 Å². The van der Waals surface area contributed by atoms with E-state index in [0.717, 1.165) is 18.7 Å². The normalized spacial score (nSPS) is 12.4. The second-order valence-electron chi connectivity index (χ2n) is 5.37. The van der Waals surface area contributed by atoms with E-state index in [1.807, 2.05) is 24.3 Å². The predicted molar refractivity (Wildman–Crippen MR) is 84.2 cm³/mol. The van der Waals surface area contributed by atoms with Crippen LogP contribution in [0.3, 0.4) is 0 Å². The van der Waals surface area contributed by atoms with Crippen LogP contribution in [0.5, 0.6) is 5.75 Å². The maximum Gasteiger partial charge on any atom is 0.125 e. The van der Waals surface area contributed by atoms with Gasteiger partial charge in [0.2, 0.25) is 0 Å². The first-order valence-corrected chi connectivity index (χ1v) is 7.09. The summed E-state index contributed by atoms with van der Waals surface area (Å²) in [5, 5.41) is 0. The summed E-state index contributed by atoms with van der Waals surface area (Å²) in [4.78, 5) is 2.19. The number of rotatable bonds is 6. The van der Waals surface area contributed by atoms with Gasteiger partial charge in [0, 0.05) is 13.0 Å². The van der Waals surface area contributed by atoms with Crippen molar-refractivity contribution >= 4 is 0 Å². The van der Waals surface area contributed by atoms with Gasteiger partial charge in [-0.3, -0.25) is 0 Å². The lowest BCUT2D eigenvalue weighted by Gasteiger charge is -2.22. The molecule has 2 rings (SSSR count). The Morgan fingerprint density at radius 1 is 0.950 bits per heavy atom. The lowest BCUT2D eigenvalue weighted by atomic mass is 10.1. The minimum atomic E-state index is 0.0969. The van der Waals surface area contributed by atoms with E-state index in [4.69, 9.17) is 4.74 Å². The third kappa shape index (κ3) is 4.10. The Morgan fingerprint density at radius 2 is 1.60 bits per heavy atom. The van der Waals surface area contributed by atoms with Crippen LogP contribution < -0.4 is 4.74 Å². The third-order valence-corrected chi connectivity index (χ3v) is 3.37. The maximum atomic E-state index is 6.26. The van der Waals surface area contributed by atoms with Crippen LogP contribution in [0.2, 0.25) is 0 Å². The van der Waals surface area contributed by atoms with Gasteiger partial charge in [-0.2, -0.15) is 0 Å². The molecule has 0 aliphatic carbocycles. The molecule has 2 nitrogen and oxygen atoms in total. The fourth-order valence-electron chi connectivity index (χ4n) is 2.18. The summed E-state index contributed by atoms with van der Waals surface area (Å²) >= 11 is 0. The van der Waals surface area contributed by atoms with E-state index in [9.17, 15) is 0 Å². The lowest BCUT2D eigenvalue weighted by Crippen LogP contribution is -2.19. The van der Waals surface area contributed by atoms with Crippen LogP contribution in [0, 0.1) is 6.92 Å². The van der Waals surface area contributed by atoms with Crippen LogP contribution >= 0.6 is 0 Å². The van der Waals surface area contributed by atoms with Crippen LogP contribution in [-0.2, 0) is 0 Å². The topological polar surface area (TPSA) is 12.5 Å². The third-order valence-electron chi connectivity index (χ3n) is 3.37. The van der Waals surface area contributed by atoms with Crippen molar-refractivity contribution in [1.82, 2.24) is 4.90 Å². The molecule has 1 atom stereocenters. The molecule has 0 aliphatic rings. The van der Waals surface area contributed by atoms with Gasteiger partial charge in [0.25, 0.3) is 0 Å². The Labute approximate surface area is 122 Å². The summed E-state index contributed by atoms with van der Waals surface area (Å²) in [6.45, 7) is 3.09. The molecule has 0 bridgehead atoms. The van der Waals surface area contributed by atoms with E-state index in [1.54, 1.807) is 0 Å². The number of hydrogen-bond donors (Lipinski definition) is 0. The first kappa shape index (κ1) is 14.6. The van der Waals surface area contributed by atoms with Crippen molar-refractivity contribution in [1.29, 1.82) is 0 Å². The summed E-state index contributed by atoms with van der Waals surface area (Å²) < 4.78 is 6.26. The van der Waals surface area contributed by atoms with Crippen molar-refractivity contribution in [3.63, 3.8) is 0 Å². The van der Waals surface area contributed by atoms with Gasteiger partial charge in [0.15, 0.2) is 0 Å². The highest BCUT2D eigenvalue weighted by atomic mass is 16.5. The zero-order valence-electron chi connectivity index (χ0n) is 12.5. The van der Waals surface area contributed by atoms with Crippen LogP contribution in [0.25, 0.3) is 0 Å². The fourth-order valence-corrected chi connectivity index (χ4v) is 2.18. The summed E-state index contributed by atoms with van der Waals surface area (Å²) in [5.74, 6) is 0.972.